The Morgan fingerprint density at radius 1 is 1.37 bits per heavy atom. The van der Waals surface area contributed by atoms with Gasteiger partial charge in [0.25, 0.3) is 5.69 Å². The minimum Gasteiger partial charge on any atom is -0.379 e. The van der Waals surface area contributed by atoms with Gasteiger partial charge in [0.2, 0.25) is 0 Å². The summed E-state index contributed by atoms with van der Waals surface area (Å²) in [6, 6.07) is 5.45. The molecular formula is C13H16ClN3O2. The number of rotatable bonds is 3. The van der Waals surface area contributed by atoms with Crippen LogP contribution in [0, 0.1) is 10.1 Å². The van der Waals surface area contributed by atoms with E-state index < -0.39 is 4.92 Å². The third-order valence-corrected chi connectivity index (χ3v) is 4.44. The smallest absolute Gasteiger partial charge is 0.271 e. The number of nitro benzene ring substituents is 1. The van der Waals surface area contributed by atoms with Crippen molar-refractivity contribution >= 4 is 23.0 Å². The second-order valence-corrected chi connectivity index (χ2v) is 5.61. The summed E-state index contributed by atoms with van der Waals surface area (Å²) in [4.78, 5) is 12.9. The number of anilines is 1. The number of hydrogen-bond acceptors (Lipinski definition) is 4. The highest BCUT2D eigenvalue weighted by molar-refractivity contribution is 6.33. The molecule has 0 spiro atoms. The molecule has 0 saturated carbocycles. The maximum atomic E-state index is 10.8. The fraction of sp³-hybridized carbons (Fsp3) is 0.538. The highest BCUT2D eigenvalue weighted by Crippen LogP contribution is 2.33. The lowest BCUT2D eigenvalue weighted by Gasteiger charge is -2.22. The van der Waals surface area contributed by atoms with Crippen LogP contribution in [0.3, 0.4) is 0 Å². The van der Waals surface area contributed by atoms with Crippen molar-refractivity contribution in [3.05, 3.63) is 33.3 Å². The summed E-state index contributed by atoms with van der Waals surface area (Å²) >= 11 is 6.12. The number of hydrogen-bond donors (Lipinski definition) is 1. The lowest BCUT2D eigenvalue weighted by Crippen LogP contribution is -2.33. The van der Waals surface area contributed by atoms with E-state index in [0.29, 0.717) is 22.8 Å². The van der Waals surface area contributed by atoms with E-state index in [1.165, 1.54) is 31.5 Å². The first-order valence-electron chi connectivity index (χ1n) is 6.59. The molecule has 0 radical (unpaired) electrons. The average Bonchev–Trinajstić information content (AvgIpc) is 2.96. The maximum absolute atomic E-state index is 10.8. The Morgan fingerprint density at radius 3 is 3.00 bits per heavy atom. The minimum absolute atomic E-state index is 0.0770. The van der Waals surface area contributed by atoms with Gasteiger partial charge in [-0.1, -0.05) is 11.6 Å². The van der Waals surface area contributed by atoms with Gasteiger partial charge in [-0.3, -0.25) is 15.0 Å². The molecule has 2 saturated heterocycles. The van der Waals surface area contributed by atoms with Crippen molar-refractivity contribution in [3.8, 4) is 0 Å². The Balaban J connectivity index is 1.79. The topological polar surface area (TPSA) is 58.4 Å². The summed E-state index contributed by atoms with van der Waals surface area (Å²) in [6.07, 6.45) is 3.51. The molecule has 1 N–H and O–H groups in total. The fourth-order valence-corrected chi connectivity index (χ4v) is 3.36. The molecule has 2 heterocycles. The summed E-state index contributed by atoms with van der Waals surface area (Å²) in [5, 5.41) is 14.8. The van der Waals surface area contributed by atoms with E-state index in [1.807, 2.05) is 0 Å². The molecule has 2 aliphatic heterocycles. The molecule has 3 rings (SSSR count). The van der Waals surface area contributed by atoms with E-state index in [4.69, 9.17) is 11.6 Å². The molecule has 19 heavy (non-hydrogen) atoms. The third-order valence-electron chi connectivity index (χ3n) is 4.11. The number of nitrogens with one attached hydrogen (secondary N) is 1. The van der Waals surface area contributed by atoms with Crippen LogP contribution in [0.5, 0.6) is 0 Å². The number of benzene rings is 1. The number of nitro groups is 1. The Labute approximate surface area is 116 Å². The van der Waals surface area contributed by atoms with Crippen molar-refractivity contribution in [1.82, 2.24) is 4.90 Å². The van der Waals surface area contributed by atoms with Gasteiger partial charge in [-0.25, -0.2) is 0 Å². The molecule has 1 aromatic carbocycles. The van der Waals surface area contributed by atoms with Gasteiger partial charge in [0.15, 0.2) is 0 Å². The van der Waals surface area contributed by atoms with Gasteiger partial charge >= 0.3 is 0 Å². The third kappa shape index (κ3) is 2.40. The molecule has 0 aromatic heterocycles. The maximum Gasteiger partial charge on any atom is 0.271 e. The van der Waals surface area contributed by atoms with Crippen molar-refractivity contribution < 1.29 is 4.92 Å². The van der Waals surface area contributed by atoms with E-state index in [0.717, 1.165) is 13.0 Å². The molecule has 2 aliphatic rings. The first-order valence-corrected chi connectivity index (χ1v) is 6.97. The van der Waals surface area contributed by atoms with Gasteiger partial charge in [0, 0.05) is 30.8 Å². The lowest BCUT2D eigenvalue weighted by molar-refractivity contribution is -0.384. The molecule has 2 fully saturated rings. The van der Waals surface area contributed by atoms with Gasteiger partial charge < -0.3 is 5.32 Å². The molecule has 5 nitrogen and oxygen atoms in total. The second kappa shape index (κ2) is 4.98. The Kier molecular flexibility index (Phi) is 3.33. The molecule has 2 unspecified atom stereocenters. The summed E-state index contributed by atoms with van der Waals surface area (Å²) in [7, 11) is 0. The molecule has 0 aliphatic carbocycles. The monoisotopic (exact) mass is 281 g/mol. The van der Waals surface area contributed by atoms with Crippen LogP contribution >= 0.6 is 11.6 Å². The van der Waals surface area contributed by atoms with Crippen LogP contribution in [-0.4, -0.2) is 35.0 Å². The van der Waals surface area contributed by atoms with E-state index >= 15 is 0 Å². The molecule has 1 aromatic rings. The van der Waals surface area contributed by atoms with Crippen LogP contribution in [0.25, 0.3) is 0 Å². The molecule has 0 bridgehead atoms. The number of nitrogens with zero attached hydrogens (tertiary/aromatic N) is 2. The van der Waals surface area contributed by atoms with Crippen LogP contribution in [0.4, 0.5) is 11.4 Å². The van der Waals surface area contributed by atoms with Crippen molar-refractivity contribution in [2.45, 2.75) is 31.3 Å². The number of non-ortho nitro benzene ring substituents is 1. The van der Waals surface area contributed by atoms with Crippen LogP contribution < -0.4 is 5.32 Å². The van der Waals surface area contributed by atoms with Crippen molar-refractivity contribution in [3.63, 3.8) is 0 Å². The van der Waals surface area contributed by atoms with E-state index in [9.17, 15) is 10.1 Å². The highest BCUT2D eigenvalue weighted by Gasteiger charge is 2.37. The zero-order valence-corrected chi connectivity index (χ0v) is 11.3. The standard InChI is InChI=1S/C13H16ClN3O2/c14-10-4-3-9(17(18)19)8-12(10)15-11-5-7-16-6-1-2-13(11)16/h3-4,8,11,13,15H,1-2,5-7H2. The largest absolute Gasteiger partial charge is 0.379 e. The van der Waals surface area contributed by atoms with E-state index in [-0.39, 0.29) is 5.69 Å². The van der Waals surface area contributed by atoms with E-state index in [1.54, 1.807) is 6.07 Å². The van der Waals surface area contributed by atoms with Crippen LogP contribution in [0.2, 0.25) is 5.02 Å². The van der Waals surface area contributed by atoms with Gasteiger partial charge in [0.1, 0.15) is 0 Å². The summed E-state index contributed by atoms with van der Waals surface area (Å²) < 4.78 is 0. The van der Waals surface area contributed by atoms with Gasteiger partial charge in [-0.05, 0) is 31.9 Å². The molecular weight excluding hydrogens is 266 g/mol. The Bertz CT molecular complexity index is 509. The van der Waals surface area contributed by atoms with Crippen LogP contribution in [-0.2, 0) is 0 Å². The fourth-order valence-electron chi connectivity index (χ4n) is 3.19. The Hall–Kier alpha value is -1.33. The minimum atomic E-state index is -0.391. The normalized spacial score (nSPS) is 26.4. The van der Waals surface area contributed by atoms with Crippen LogP contribution in [0.1, 0.15) is 19.3 Å². The van der Waals surface area contributed by atoms with E-state index in [2.05, 4.69) is 10.2 Å². The SMILES string of the molecule is O=[N+]([O-])c1ccc(Cl)c(NC2CCN3CCCC23)c1. The summed E-state index contributed by atoms with van der Waals surface area (Å²) in [5.74, 6) is 0. The predicted molar refractivity (Wildman–Crippen MR) is 74.7 cm³/mol. The molecule has 6 heteroatoms. The molecule has 2 atom stereocenters. The zero-order valence-electron chi connectivity index (χ0n) is 10.5. The van der Waals surface area contributed by atoms with Gasteiger partial charge in [-0.15, -0.1) is 0 Å². The van der Waals surface area contributed by atoms with Crippen molar-refractivity contribution in [1.29, 1.82) is 0 Å². The summed E-state index contributed by atoms with van der Waals surface area (Å²) in [5.41, 5.74) is 0.753. The summed E-state index contributed by atoms with van der Waals surface area (Å²) in [6.45, 7) is 2.28. The van der Waals surface area contributed by atoms with Crippen molar-refractivity contribution in [2.75, 3.05) is 18.4 Å². The van der Waals surface area contributed by atoms with Gasteiger partial charge in [-0.2, -0.15) is 0 Å². The van der Waals surface area contributed by atoms with Crippen molar-refractivity contribution in [2.24, 2.45) is 0 Å². The number of halogens is 1. The predicted octanol–water partition coefficient (Wildman–Crippen LogP) is 2.90. The number of fused-ring (bicyclic) bond motifs is 1. The first kappa shape index (κ1) is 12.7. The highest BCUT2D eigenvalue weighted by atomic mass is 35.5. The second-order valence-electron chi connectivity index (χ2n) is 5.21. The first-order chi connectivity index (χ1) is 9.15. The molecule has 102 valence electrons. The quantitative estimate of drug-likeness (QED) is 0.684. The van der Waals surface area contributed by atoms with Gasteiger partial charge in [0.05, 0.1) is 15.6 Å². The average molecular weight is 282 g/mol. The Morgan fingerprint density at radius 2 is 2.21 bits per heavy atom. The zero-order chi connectivity index (χ0) is 13.4. The lowest BCUT2D eigenvalue weighted by atomic mass is 10.1. The van der Waals surface area contributed by atoms with Crippen LogP contribution in [0.15, 0.2) is 18.2 Å². The molecule has 0 amide bonds.